The highest BCUT2D eigenvalue weighted by molar-refractivity contribution is 8.00. The van der Waals surface area contributed by atoms with Crippen LogP contribution in [0, 0.1) is 6.92 Å². The Bertz CT molecular complexity index is 1020. The van der Waals surface area contributed by atoms with E-state index in [1.165, 1.54) is 4.90 Å². The van der Waals surface area contributed by atoms with Gasteiger partial charge in [0.15, 0.2) is 0 Å². The Balaban J connectivity index is 1.48. The van der Waals surface area contributed by atoms with Crippen molar-refractivity contribution < 1.29 is 4.79 Å². The van der Waals surface area contributed by atoms with Crippen LogP contribution >= 0.6 is 11.8 Å². The second-order valence-electron chi connectivity index (χ2n) is 7.15. The number of thioether (sulfide) groups is 1. The zero-order chi connectivity index (χ0) is 20.2. The van der Waals surface area contributed by atoms with E-state index in [1.54, 1.807) is 6.20 Å². The third-order valence-electron chi connectivity index (χ3n) is 4.92. The lowest BCUT2D eigenvalue weighted by Crippen LogP contribution is -2.36. The maximum Gasteiger partial charge on any atom is 0.246 e. The number of amides is 1. The first kappa shape index (κ1) is 19.5. The molecular weight excluding hydrogens is 380 g/mol. The Hall–Kier alpha value is -2.86. The van der Waals surface area contributed by atoms with E-state index in [2.05, 4.69) is 28.3 Å². The number of aryl methyl sites for hydroxylation is 1. The molecule has 1 atom stereocenters. The number of carbonyl (C=O) groups is 1. The largest absolute Gasteiger partial charge is 0.376 e. The van der Waals surface area contributed by atoms with Gasteiger partial charge in [0.25, 0.3) is 0 Å². The summed E-state index contributed by atoms with van der Waals surface area (Å²) in [6, 6.07) is 18.0. The molecule has 0 radical (unpaired) electrons. The van der Waals surface area contributed by atoms with Crippen molar-refractivity contribution in [2.45, 2.75) is 30.4 Å². The zero-order valence-corrected chi connectivity index (χ0v) is 17.4. The predicted octanol–water partition coefficient (Wildman–Crippen LogP) is 4.78. The quantitative estimate of drug-likeness (QED) is 0.678. The van der Waals surface area contributed by atoms with Gasteiger partial charge in [-0.25, -0.2) is 9.97 Å². The second kappa shape index (κ2) is 8.66. The van der Waals surface area contributed by atoms with Crippen LogP contribution in [0.5, 0.6) is 0 Å². The van der Waals surface area contributed by atoms with Crippen LogP contribution in [0.4, 0.5) is 11.4 Å². The number of hydrogen-bond donors (Lipinski definition) is 1. The first-order chi connectivity index (χ1) is 14.1. The first-order valence-electron chi connectivity index (χ1n) is 9.80. The number of rotatable bonds is 4. The summed E-state index contributed by atoms with van der Waals surface area (Å²) in [6.07, 6.45) is 2.74. The minimum absolute atomic E-state index is 0.0791. The van der Waals surface area contributed by atoms with Crippen LogP contribution in [0.15, 0.2) is 65.7 Å². The van der Waals surface area contributed by atoms with Crippen LogP contribution in [-0.2, 0) is 4.79 Å². The SMILES string of the molecule is Cc1nccc(-c2cccc(NCC(=O)N3CC[C@@H](C)Sc4ccccc43)c2)n1. The molecule has 0 saturated heterocycles. The molecule has 148 valence electrons. The van der Waals surface area contributed by atoms with Gasteiger partial charge in [-0.15, -0.1) is 11.8 Å². The van der Waals surface area contributed by atoms with Gasteiger partial charge in [0.1, 0.15) is 5.82 Å². The second-order valence-corrected chi connectivity index (χ2v) is 8.63. The molecule has 1 amide bonds. The molecule has 29 heavy (non-hydrogen) atoms. The number of nitrogens with zero attached hydrogens (tertiary/aromatic N) is 3. The van der Waals surface area contributed by atoms with Gasteiger partial charge in [-0.2, -0.15) is 0 Å². The van der Waals surface area contributed by atoms with E-state index in [0.717, 1.165) is 41.4 Å². The zero-order valence-electron chi connectivity index (χ0n) is 16.6. The predicted molar refractivity (Wildman–Crippen MR) is 119 cm³/mol. The van der Waals surface area contributed by atoms with Gasteiger partial charge in [-0.05, 0) is 43.7 Å². The van der Waals surface area contributed by atoms with Gasteiger partial charge in [0.05, 0.1) is 17.9 Å². The van der Waals surface area contributed by atoms with Crippen molar-refractivity contribution >= 4 is 29.0 Å². The molecule has 2 heterocycles. The Morgan fingerprint density at radius 1 is 1.21 bits per heavy atom. The summed E-state index contributed by atoms with van der Waals surface area (Å²) in [6.45, 7) is 5.09. The van der Waals surface area contributed by atoms with Crippen molar-refractivity contribution in [2.75, 3.05) is 23.3 Å². The molecule has 0 unspecified atom stereocenters. The molecule has 0 spiro atoms. The van der Waals surface area contributed by atoms with Crippen LogP contribution in [0.2, 0.25) is 0 Å². The highest BCUT2D eigenvalue weighted by Gasteiger charge is 2.23. The molecule has 0 aliphatic carbocycles. The van der Waals surface area contributed by atoms with E-state index >= 15 is 0 Å². The van der Waals surface area contributed by atoms with E-state index in [-0.39, 0.29) is 12.5 Å². The molecule has 1 aliphatic rings. The van der Waals surface area contributed by atoms with Crippen molar-refractivity contribution in [2.24, 2.45) is 0 Å². The number of para-hydroxylation sites is 1. The van der Waals surface area contributed by atoms with Gasteiger partial charge < -0.3 is 10.2 Å². The fourth-order valence-corrected chi connectivity index (χ4v) is 4.54. The molecule has 0 fully saturated rings. The average Bonchev–Trinajstić information content (AvgIpc) is 2.90. The summed E-state index contributed by atoms with van der Waals surface area (Å²) in [5.41, 5.74) is 3.79. The fourth-order valence-electron chi connectivity index (χ4n) is 3.42. The fraction of sp³-hybridized carbons (Fsp3) is 0.261. The molecule has 2 aromatic carbocycles. The minimum Gasteiger partial charge on any atom is -0.376 e. The van der Waals surface area contributed by atoms with E-state index in [1.807, 2.05) is 72.1 Å². The number of anilines is 2. The molecule has 1 N–H and O–H groups in total. The Kier molecular flexibility index (Phi) is 5.81. The molecule has 1 aromatic heterocycles. The molecule has 0 saturated carbocycles. The Morgan fingerprint density at radius 3 is 2.93 bits per heavy atom. The van der Waals surface area contributed by atoms with Gasteiger partial charge in [-0.1, -0.05) is 31.2 Å². The summed E-state index contributed by atoms with van der Waals surface area (Å²) in [5.74, 6) is 0.818. The first-order valence-corrected chi connectivity index (χ1v) is 10.7. The van der Waals surface area contributed by atoms with Gasteiger partial charge in [0.2, 0.25) is 5.91 Å². The standard InChI is InChI=1S/C23H24N4OS/c1-16-11-13-27(21-8-3-4-9-22(21)29-16)23(28)15-25-19-7-5-6-18(14-19)20-10-12-24-17(2)26-20/h3-10,12,14,16,25H,11,13,15H2,1-2H3/t16-/m1/s1. The normalized spacial score (nSPS) is 16.1. The van der Waals surface area contributed by atoms with E-state index in [9.17, 15) is 4.79 Å². The smallest absolute Gasteiger partial charge is 0.246 e. The lowest BCUT2D eigenvalue weighted by Gasteiger charge is -2.23. The van der Waals surface area contributed by atoms with Crippen LogP contribution in [0.25, 0.3) is 11.3 Å². The van der Waals surface area contributed by atoms with Crippen molar-refractivity contribution in [1.82, 2.24) is 9.97 Å². The average molecular weight is 405 g/mol. The van der Waals surface area contributed by atoms with Crippen molar-refractivity contribution in [3.05, 3.63) is 66.6 Å². The van der Waals surface area contributed by atoms with E-state index in [4.69, 9.17) is 0 Å². The van der Waals surface area contributed by atoms with Crippen molar-refractivity contribution in [3.8, 4) is 11.3 Å². The lowest BCUT2D eigenvalue weighted by molar-refractivity contribution is -0.117. The number of benzene rings is 2. The Labute approximate surface area is 175 Å². The summed E-state index contributed by atoms with van der Waals surface area (Å²) in [4.78, 5) is 24.7. The van der Waals surface area contributed by atoms with E-state index < -0.39 is 0 Å². The van der Waals surface area contributed by atoms with Crippen LogP contribution in [-0.4, -0.2) is 34.2 Å². The third kappa shape index (κ3) is 4.59. The molecule has 0 bridgehead atoms. The number of nitrogens with one attached hydrogen (secondary N) is 1. The maximum atomic E-state index is 13.0. The number of carbonyl (C=O) groups excluding carboxylic acids is 1. The van der Waals surface area contributed by atoms with Crippen LogP contribution < -0.4 is 10.2 Å². The number of hydrogen-bond acceptors (Lipinski definition) is 5. The summed E-state index contributed by atoms with van der Waals surface area (Å²) >= 11 is 1.84. The van der Waals surface area contributed by atoms with Crippen LogP contribution in [0.1, 0.15) is 19.2 Å². The maximum absolute atomic E-state index is 13.0. The molecule has 5 nitrogen and oxygen atoms in total. The van der Waals surface area contributed by atoms with Crippen LogP contribution in [0.3, 0.4) is 0 Å². The molecule has 1 aliphatic heterocycles. The highest BCUT2D eigenvalue weighted by atomic mass is 32.2. The van der Waals surface area contributed by atoms with Gasteiger partial charge in [0, 0.05) is 34.1 Å². The van der Waals surface area contributed by atoms with Crippen molar-refractivity contribution in [1.29, 1.82) is 0 Å². The number of fused-ring (bicyclic) bond motifs is 1. The topological polar surface area (TPSA) is 58.1 Å². The van der Waals surface area contributed by atoms with Gasteiger partial charge >= 0.3 is 0 Å². The summed E-state index contributed by atoms with van der Waals surface area (Å²) in [5, 5.41) is 3.78. The molecular formula is C23H24N4OS. The van der Waals surface area contributed by atoms with Gasteiger partial charge in [-0.3, -0.25) is 4.79 Å². The molecule has 4 rings (SSSR count). The monoisotopic (exact) mass is 404 g/mol. The summed E-state index contributed by atoms with van der Waals surface area (Å²) in [7, 11) is 0. The van der Waals surface area contributed by atoms with Crippen molar-refractivity contribution in [3.63, 3.8) is 0 Å². The lowest BCUT2D eigenvalue weighted by atomic mass is 10.1. The number of aromatic nitrogens is 2. The van der Waals surface area contributed by atoms with E-state index in [0.29, 0.717) is 5.25 Å². The molecule has 3 aromatic rings. The highest BCUT2D eigenvalue weighted by Crippen LogP contribution is 2.37. The molecule has 6 heteroatoms. The Morgan fingerprint density at radius 2 is 2.07 bits per heavy atom. The third-order valence-corrected chi connectivity index (χ3v) is 6.16. The minimum atomic E-state index is 0.0791. The summed E-state index contributed by atoms with van der Waals surface area (Å²) < 4.78 is 0.